The molecule has 1 spiro atoms. The van der Waals surface area contributed by atoms with E-state index in [2.05, 4.69) is 30.2 Å². The van der Waals surface area contributed by atoms with Crippen molar-refractivity contribution in [1.29, 1.82) is 0 Å². The third-order valence-electron chi connectivity index (χ3n) is 8.01. The molecule has 2 fully saturated rings. The monoisotopic (exact) mass is 612 g/mol. The highest BCUT2D eigenvalue weighted by atomic mass is 32.2. The van der Waals surface area contributed by atoms with E-state index in [0.717, 1.165) is 18.3 Å². The van der Waals surface area contributed by atoms with Crippen LogP contribution in [0.15, 0.2) is 36.7 Å². The number of morpholine rings is 1. The first kappa shape index (κ1) is 29.5. The van der Waals surface area contributed by atoms with E-state index in [0.29, 0.717) is 56.4 Å². The fraction of sp³-hybridized carbons (Fsp3) is 0.448. The van der Waals surface area contributed by atoms with Gasteiger partial charge in [-0.05, 0) is 51.0 Å². The SMILES string of the molecule is Cc1nc2c(F)cc(-c3nc(Nc4ccc(CN5CCO[C@]6(CCN(S(C)(=O)=O)C6)C5)cn4)ncc3F)cc2n1C(C)C. The van der Waals surface area contributed by atoms with E-state index in [-0.39, 0.29) is 28.8 Å². The van der Waals surface area contributed by atoms with Gasteiger partial charge in [-0.25, -0.2) is 37.1 Å². The van der Waals surface area contributed by atoms with Gasteiger partial charge < -0.3 is 14.6 Å². The molecule has 6 rings (SSSR count). The van der Waals surface area contributed by atoms with Crippen LogP contribution in [0.5, 0.6) is 0 Å². The van der Waals surface area contributed by atoms with Crippen molar-refractivity contribution < 1.29 is 21.9 Å². The number of hydrogen-bond donors (Lipinski definition) is 1. The molecule has 228 valence electrons. The number of nitrogens with zero attached hydrogens (tertiary/aromatic N) is 7. The lowest BCUT2D eigenvalue weighted by molar-refractivity contribution is -0.101. The van der Waals surface area contributed by atoms with Crippen molar-refractivity contribution in [2.45, 2.75) is 45.4 Å². The average Bonchev–Trinajstić information content (AvgIpc) is 3.51. The highest BCUT2D eigenvalue weighted by Gasteiger charge is 2.45. The summed E-state index contributed by atoms with van der Waals surface area (Å²) in [6, 6.07) is 6.69. The van der Waals surface area contributed by atoms with Crippen molar-refractivity contribution in [3.8, 4) is 11.3 Å². The van der Waals surface area contributed by atoms with Crippen molar-refractivity contribution in [1.82, 2.24) is 33.7 Å². The van der Waals surface area contributed by atoms with Crippen LogP contribution in [0.4, 0.5) is 20.5 Å². The number of nitrogens with one attached hydrogen (secondary N) is 1. The summed E-state index contributed by atoms with van der Waals surface area (Å²) >= 11 is 0. The number of aryl methyl sites for hydroxylation is 1. The number of hydrogen-bond acceptors (Lipinski definition) is 9. The Kier molecular flexibility index (Phi) is 7.65. The van der Waals surface area contributed by atoms with E-state index >= 15 is 4.39 Å². The van der Waals surface area contributed by atoms with Gasteiger partial charge in [0.05, 0.1) is 30.2 Å². The Hall–Kier alpha value is -3.59. The highest BCUT2D eigenvalue weighted by molar-refractivity contribution is 7.88. The highest BCUT2D eigenvalue weighted by Crippen LogP contribution is 2.32. The molecule has 0 aliphatic carbocycles. The van der Waals surface area contributed by atoms with Crippen LogP contribution in [0.25, 0.3) is 22.3 Å². The summed E-state index contributed by atoms with van der Waals surface area (Å²) in [6.45, 7) is 9.13. The molecule has 5 heterocycles. The fourth-order valence-electron chi connectivity index (χ4n) is 6.05. The van der Waals surface area contributed by atoms with Crippen LogP contribution in [-0.2, 0) is 21.3 Å². The van der Waals surface area contributed by atoms with Gasteiger partial charge >= 0.3 is 0 Å². The summed E-state index contributed by atoms with van der Waals surface area (Å²) in [5.41, 5.74) is 1.53. The molecule has 11 nitrogen and oxygen atoms in total. The number of pyridine rings is 1. The minimum atomic E-state index is -3.25. The third-order valence-corrected chi connectivity index (χ3v) is 9.26. The number of anilines is 2. The lowest BCUT2D eigenvalue weighted by Crippen LogP contribution is -2.53. The zero-order valence-corrected chi connectivity index (χ0v) is 25.3. The molecule has 2 saturated heterocycles. The molecule has 0 unspecified atom stereocenters. The summed E-state index contributed by atoms with van der Waals surface area (Å²) in [4.78, 5) is 19.5. The first-order chi connectivity index (χ1) is 20.4. The van der Waals surface area contributed by atoms with E-state index in [4.69, 9.17) is 4.74 Å². The van der Waals surface area contributed by atoms with Crippen molar-refractivity contribution in [2.75, 3.05) is 44.4 Å². The van der Waals surface area contributed by atoms with Gasteiger partial charge in [-0.3, -0.25) is 4.90 Å². The van der Waals surface area contributed by atoms with Gasteiger partial charge in [-0.15, -0.1) is 0 Å². The van der Waals surface area contributed by atoms with Crippen LogP contribution >= 0.6 is 0 Å². The number of rotatable bonds is 7. The molecule has 2 aliphatic heterocycles. The smallest absolute Gasteiger partial charge is 0.229 e. The Morgan fingerprint density at radius 2 is 1.88 bits per heavy atom. The van der Waals surface area contributed by atoms with Gasteiger partial charge in [0.25, 0.3) is 0 Å². The Morgan fingerprint density at radius 3 is 2.58 bits per heavy atom. The van der Waals surface area contributed by atoms with Gasteiger partial charge in [0.15, 0.2) is 11.6 Å². The number of fused-ring (bicyclic) bond motifs is 1. The molecule has 0 saturated carbocycles. The summed E-state index contributed by atoms with van der Waals surface area (Å²) in [5, 5.41) is 3.01. The molecule has 0 amide bonds. The summed E-state index contributed by atoms with van der Waals surface area (Å²) in [7, 11) is -3.25. The number of sulfonamides is 1. The Balaban J connectivity index is 1.16. The quantitative estimate of drug-likeness (QED) is 0.330. The van der Waals surface area contributed by atoms with Crippen LogP contribution in [0, 0.1) is 18.6 Å². The standard InChI is InChI=1S/C29H34F2N8O3S/c1-18(2)39-19(3)34-27-22(30)11-21(12-24(27)39)26-23(31)14-33-28(36-26)35-25-6-5-20(13-32-25)15-37-9-10-42-29(16-37)7-8-38(17-29)43(4,40)41/h5-6,11-14,18H,7-10,15-17H2,1-4H3,(H,32,33,35,36)/t29-/m1/s1. The lowest BCUT2D eigenvalue weighted by Gasteiger charge is -2.40. The molecule has 4 aromatic rings. The molecular weight excluding hydrogens is 578 g/mol. The van der Waals surface area contributed by atoms with E-state index in [1.807, 2.05) is 31.4 Å². The van der Waals surface area contributed by atoms with Gasteiger partial charge in [-0.1, -0.05) is 6.07 Å². The van der Waals surface area contributed by atoms with Crippen LogP contribution in [0.3, 0.4) is 0 Å². The molecular formula is C29H34F2N8O3S. The normalized spacial score (nSPS) is 20.1. The first-order valence-corrected chi connectivity index (χ1v) is 16.0. The molecule has 43 heavy (non-hydrogen) atoms. The maximum atomic E-state index is 15.0. The molecule has 2 aliphatic rings. The predicted octanol–water partition coefficient (Wildman–Crippen LogP) is 4.04. The molecule has 3 aromatic heterocycles. The van der Waals surface area contributed by atoms with Crippen molar-refractivity contribution in [3.05, 3.63) is 59.7 Å². The largest absolute Gasteiger partial charge is 0.371 e. The number of imidazole rings is 1. The van der Waals surface area contributed by atoms with E-state index < -0.39 is 27.3 Å². The molecule has 0 bridgehead atoms. The van der Waals surface area contributed by atoms with Crippen molar-refractivity contribution >= 4 is 32.8 Å². The summed E-state index contributed by atoms with van der Waals surface area (Å²) < 4.78 is 63.4. The average molecular weight is 613 g/mol. The second kappa shape index (κ2) is 11.2. The molecule has 14 heteroatoms. The van der Waals surface area contributed by atoms with Crippen LogP contribution in [0.2, 0.25) is 0 Å². The second-order valence-corrected chi connectivity index (χ2v) is 13.6. The van der Waals surface area contributed by atoms with Gasteiger partial charge in [0, 0.05) is 50.5 Å². The minimum Gasteiger partial charge on any atom is -0.371 e. The van der Waals surface area contributed by atoms with Crippen molar-refractivity contribution in [2.24, 2.45) is 0 Å². The summed E-state index contributed by atoms with van der Waals surface area (Å²) in [5.74, 6) is 0.0371. The fourth-order valence-corrected chi connectivity index (χ4v) is 6.94. The molecule has 1 N–H and O–H groups in total. The number of aromatic nitrogens is 5. The zero-order valence-electron chi connectivity index (χ0n) is 24.5. The van der Waals surface area contributed by atoms with Gasteiger partial charge in [-0.2, -0.15) is 4.31 Å². The maximum Gasteiger partial charge on any atom is 0.229 e. The van der Waals surface area contributed by atoms with E-state index in [1.54, 1.807) is 18.3 Å². The first-order valence-electron chi connectivity index (χ1n) is 14.2. The predicted molar refractivity (Wildman–Crippen MR) is 158 cm³/mol. The minimum absolute atomic E-state index is 0.0355. The lowest BCUT2D eigenvalue weighted by atomic mass is 10.0. The summed E-state index contributed by atoms with van der Waals surface area (Å²) in [6.07, 6.45) is 4.69. The van der Waals surface area contributed by atoms with Crippen LogP contribution in [-0.4, -0.2) is 86.8 Å². The number of halogens is 2. The van der Waals surface area contributed by atoms with Gasteiger partial charge in [0.1, 0.15) is 22.9 Å². The molecule has 1 aromatic carbocycles. The van der Waals surface area contributed by atoms with Crippen molar-refractivity contribution in [3.63, 3.8) is 0 Å². The third kappa shape index (κ3) is 5.96. The molecule has 1 atom stereocenters. The Morgan fingerprint density at radius 1 is 1.07 bits per heavy atom. The Labute approximate surface area is 249 Å². The Bertz CT molecular complexity index is 1780. The topological polar surface area (TPSA) is 118 Å². The molecule has 0 radical (unpaired) electrons. The number of benzene rings is 1. The van der Waals surface area contributed by atoms with E-state index in [9.17, 15) is 12.8 Å². The number of ether oxygens (including phenoxy) is 1. The zero-order chi connectivity index (χ0) is 30.5. The van der Waals surface area contributed by atoms with E-state index in [1.165, 1.54) is 16.6 Å². The maximum absolute atomic E-state index is 15.0. The second-order valence-electron chi connectivity index (χ2n) is 11.6. The van der Waals surface area contributed by atoms with Gasteiger partial charge in [0.2, 0.25) is 16.0 Å². The van der Waals surface area contributed by atoms with Crippen LogP contribution < -0.4 is 5.32 Å². The van der Waals surface area contributed by atoms with Crippen LogP contribution in [0.1, 0.15) is 37.7 Å².